The van der Waals surface area contributed by atoms with Crippen molar-refractivity contribution in [3.63, 3.8) is 0 Å². The lowest BCUT2D eigenvalue weighted by atomic mass is 10.0. The van der Waals surface area contributed by atoms with Gasteiger partial charge in [-0.2, -0.15) is 0 Å². The van der Waals surface area contributed by atoms with Crippen LogP contribution in [-0.4, -0.2) is 30.3 Å². The molecule has 1 unspecified atom stereocenters. The molecule has 0 spiro atoms. The summed E-state index contributed by atoms with van der Waals surface area (Å²) in [6.45, 7) is 4.75. The number of carboxylic acid groups (broad SMARTS) is 1. The van der Waals surface area contributed by atoms with Gasteiger partial charge >= 0.3 is 5.97 Å². The van der Waals surface area contributed by atoms with Crippen molar-refractivity contribution in [2.45, 2.75) is 26.3 Å². The highest BCUT2D eigenvalue weighted by atomic mass is 35.5. The molecule has 6 heteroatoms. The number of hydrogen-bond donors (Lipinski definition) is 2. The molecular formula is C14H19Cl2NO3. The molecule has 0 aliphatic rings. The molecule has 0 aliphatic heterocycles. The minimum atomic E-state index is -0.844. The van der Waals surface area contributed by atoms with E-state index in [-0.39, 0.29) is 0 Å². The summed E-state index contributed by atoms with van der Waals surface area (Å²) in [5.41, 5.74) is 0. The molecule has 112 valence electrons. The van der Waals surface area contributed by atoms with Gasteiger partial charge in [-0.25, -0.2) is 0 Å². The summed E-state index contributed by atoms with van der Waals surface area (Å²) >= 11 is 11.8. The molecule has 0 aliphatic carbocycles. The van der Waals surface area contributed by atoms with E-state index < -0.39 is 12.0 Å². The average Bonchev–Trinajstić information content (AvgIpc) is 2.34. The van der Waals surface area contributed by atoms with Crippen molar-refractivity contribution in [1.29, 1.82) is 0 Å². The lowest BCUT2D eigenvalue weighted by molar-refractivity contribution is -0.139. The third kappa shape index (κ3) is 5.99. The predicted octanol–water partition coefficient (Wildman–Crippen LogP) is 3.46. The third-order valence-corrected chi connectivity index (χ3v) is 3.18. The van der Waals surface area contributed by atoms with E-state index in [9.17, 15) is 4.79 Å². The SMILES string of the molecule is CC(C)CC(NCCOc1ccc(Cl)cc1Cl)C(=O)O. The van der Waals surface area contributed by atoms with Gasteiger partial charge in [0.2, 0.25) is 0 Å². The molecule has 0 bridgehead atoms. The van der Waals surface area contributed by atoms with Gasteiger partial charge in [0.25, 0.3) is 0 Å². The Morgan fingerprint density at radius 1 is 1.40 bits per heavy atom. The zero-order valence-corrected chi connectivity index (χ0v) is 13.0. The van der Waals surface area contributed by atoms with Crippen molar-refractivity contribution in [1.82, 2.24) is 5.32 Å². The van der Waals surface area contributed by atoms with Crippen molar-refractivity contribution >= 4 is 29.2 Å². The van der Waals surface area contributed by atoms with Crippen LogP contribution in [-0.2, 0) is 4.79 Å². The summed E-state index contributed by atoms with van der Waals surface area (Å²) in [5.74, 6) is 0.00653. The second-order valence-electron chi connectivity index (χ2n) is 4.90. The van der Waals surface area contributed by atoms with Crippen LogP contribution in [0.25, 0.3) is 0 Å². The van der Waals surface area contributed by atoms with Gasteiger partial charge in [0.15, 0.2) is 0 Å². The van der Waals surface area contributed by atoms with Gasteiger partial charge in [-0.05, 0) is 30.5 Å². The summed E-state index contributed by atoms with van der Waals surface area (Å²) in [4.78, 5) is 11.1. The van der Waals surface area contributed by atoms with Crippen LogP contribution in [0.15, 0.2) is 18.2 Å². The Hall–Kier alpha value is -0.970. The fraction of sp³-hybridized carbons (Fsp3) is 0.500. The Balaban J connectivity index is 2.38. The minimum absolute atomic E-state index is 0.315. The molecular weight excluding hydrogens is 301 g/mol. The number of nitrogens with one attached hydrogen (secondary N) is 1. The first-order valence-corrected chi connectivity index (χ1v) is 7.19. The standard InChI is InChI=1S/C14H19Cl2NO3/c1-9(2)7-12(14(18)19)17-5-6-20-13-4-3-10(15)8-11(13)16/h3-4,8-9,12,17H,5-7H2,1-2H3,(H,18,19). The fourth-order valence-electron chi connectivity index (χ4n) is 1.73. The van der Waals surface area contributed by atoms with Crippen LogP contribution >= 0.6 is 23.2 Å². The Kier molecular flexibility index (Phi) is 7.13. The number of ether oxygens (including phenoxy) is 1. The van der Waals surface area contributed by atoms with Gasteiger partial charge in [0, 0.05) is 11.6 Å². The first-order valence-electron chi connectivity index (χ1n) is 6.44. The van der Waals surface area contributed by atoms with Gasteiger partial charge in [-0.15, -0.1) is 0 Å². The number of hydrogen-bond acceptors (Lipinski definition) is 3. The topological polar surface area (TPSA) is 58.6 Å². The average molecular weight is 320 g/mol. The van der Waals surface area contributed by atoms with Gasteiger partial charge in [-0.3, -0.25) is 4.79 Å². The molecule has 2 N–H and O–H groups in total. The Bertz CT molecular complexity index is 452. The molecule has 0 saturated heterocycles. The first-order chi connectivity index (χ1) is 9.40. The normalized spacial score (nSPS) is 12.4. The highest BCUT2D eigenvalue weighted by Gasteiger charge is 2.17. The number of rotatable bonds is 8. The van der Waals surface area contributed by atoms with Crippen LogP contribution in [0.2, 0.25) is 10.0 Å². The maximum atomic E-state index is 11.1. The van der Waals surface area contributed by atoms with Crippen molar-refractivity contribution in [2.24, 2.45) is 5.92 Å². The summed E-state index contributed by atoms with van der Waals surface area (Å²) in [6.07, 6.45) is 0.580. The Morgan fingerprint density at radius 2 is 2.10 bits per heavy atom. The van der Waals surface area contributed by atoms with Crippen LogP contribution in [0, 0.1) is 5.92 Å². The zero-order valence-electron chi connectivity index (χ0n) is 11.5. The van der Waals surface area contributed by atoms with Crippen LogP contribution in [0.4, 0.5) is 0 Å². The molecule has 1 atom stereocenters. The maximum absolute atomic E-state index is 11.1. The van der Waals surface area contributed by atoms with E-state index in [1.807, 2.05) is 13.8 Å². The highest BCUT2D eigenvalue weighted by Crippen LogP contribution is 2.27. The molecule has 1 rings (SSSR count). The smallest absolute Gasteiger partial charge is 0.320 e. The molecule has 0 radical (unpaired) electrons. The zero-order chi connectivity index (χ0) is 15.1. The number of aliphatic carboxylic acids is 1. The van der Waals surface area contributed by atoms with E-state index in [2.05, 4.69) is 5.32 Å². The monoisotopic (exact) mass is 319 g/mol. The van der Waals surface area contributed by atoms with Crippen molar-refractivity contribution < 1.29 is 14.6 Å². The van der Waals surface area contributed by atoms with Crippen molar-refractivity contribution in [2.75, 3.05) is 13.2 Å². The van der Waals surface area contributed by atoms with E-state index in [4.69, 9.17) is 33.0 Å². The lowest BCUT2D eigenvalue weighted by Gasteiger charge is -2.16. The van der Waals surface area contributed by atoms with Gasteiger partial charge in [0.05, 0.1) is 5.02 Å². The molecule has 0 fully saturated rings. The quantitative estimate of drug-likeness (QED) is 0.720. The molecule has 1 aromatic rings. The van der Waals surface area contributed by atoms with E-state index in [0.717, 1.165) is 0 Å². The van der Waals surface area contributed by atoms with E-state index in [1.54, 1.807) is 18.2 Å². The molecule has 0 heterocycles. The maximum Gasteiger partial charge on any atom is 0.320 e. The van der Waals surface area contributed by atoms with Crippen LogP contribution in [0.5, 0.6) is 5.75 Å². The van der Waals surface area contributed by atoms with E-state index in [1.165, 1.54) is 0 Å². The minimum Gasteiger partial charge on any atom is -0.491 e. The molecule has 0 aromatic heterocycles. The molecule has 0 amide bonds. The van der Waals surface area contributed by atoms with Gasteiger partial charge < -0.3 is 15.2 Å². The Labute approximate surface area is 129 Å². The second kappa shape index (κ2) is 8.35. The molecule has 1 aromatic carbocycles. The second-order valence-corrected chi connectivity index (χ2v) is 5.74. The largest absolute Gasteiger partial charge is 0.491 e. The van der Waals surface area contributed by atoms with Crippen molar-refractivity contribution in [3.05, 3.63) is 28.2 Å². The third-order valence-electron chi connectivity index (χ3n) is 2.65. The van der Waals surface area contributed by atoms with Crippen molar-refractivity contribution in [3.8, 4) is 5.75 Å². The number of benzene rings is 1. The van der Waals surface area contributed by atoms with Gasteiger partial charge in [-0.1, -0.05) is 37.0 Å². The summed E-state index contributed by atoms with van der Waals surface area (Å²) < 4.78 is 5.48. The van der Waals surface area contributed by atoms with E-state index in [0.29, 0.717) is 41.3 Å². The Morgan fingerprint density at radius 3 is 2.65 bits per heavy atom. The lowest BCUT2D eigenvalue weighted by Crippen LogP contribution is -2.39. The molecule has 4 nitrogen and oxygen atoms in total. The van der Waals surface area contributed by atoms with Gasteiger partial charge in [0.1, 0.15) is 18.4 Å². The van der Waals surface area contributed by atoms with E-state index >= 15 is 0 Å². The number of halogens is 2. The van der Waals surface area contributed by atoms with Crippen LogP contribution in [0.1, 0.15) is 20.3 Å². The molecule has 20 heavy (non-hydrogen) atoms. The number of carbonyl (C=O) groups is 1. The summed E-state index contributed by atoms with van der Waals surface area (Å²) in [7, 11) is 0. The summed E-state index contributed by atoms with van der Waals surface area (Å²) in [6, 6.07) is 4.42. The summed E-state index contributed by atoms with van der Waals surface area (Å²) in [5, 5.41) is 13.0. The highest BCUT2D eigenvalue weighted by molar-refractivity contribution is 6.35. The van der Waals surface area contributed by atoms with Crippen LogP contribution in [0.3, 0.4) is 0 Å². The predicted molar refractivity (Wildman–Crippen MR) is 80.8 cm³/mol. The number of carboxylic acids is 1. The molecule has 0 saturated carbocycles. The van der Waals surface area contributed by atoms with Crippen LogP contribution < -0.4 is 10.1 Å². The first kappa shape index (κ1) is 17.1. The fourth-order valence-corrected chi connectivity index (χ4v) is 2.19.